The summed E-state index contributed by atoms with van der Waals surface area (Å²) >= 11 is 0. The molecule has 0 saturated heterocycles. The highest BCUT2D eigenvalue weighted by atomic mass is 16.3. The molecule has 0 fully saturated rings. The molecule has 0 atom stereocenters. The maximum absolute atomic E-state index is 6.12. The van der Waals surface area contributed by atoms with Gasteiger partial charge in [0.1, 0.15) is 11.2 Å². The SMILES string of the molecule is c1ccc(-c2ccc(-c3cc4ccccc4c4ccccc34)cc2N(c2ccccc2)c2ccc(-c3ccc4oc5ccccc5c4c3)cc2)cc1. The normalized spacial score (nSPS) is 11.5. The van der Waals surface area contributed by atoms with Crippen molar-refractivity contribution in [3.8, 4) is 33.4 Å². The smallest absolute Gasteiger partial charge is 0.135 e. The lowest BCUT2D eigenvalue weighted by molar-refractivity contribution is 0.669. The maximum atomic E-state index is 6.12. The van der Waals surface area contributed by atoms with E-state index >= 15 is 0 Å². The van der Waals surface area contributed by atoms with Crippen LogP contribution in [0.15, 0.2) is 205 Å². The van der Waals surface area contributed by atoms with Crippen LogP contribution in [0.3, 0.4) is 0 Å². The van der Waals surface area contributed by atoms with E-state index in [1.54, 1.807) is 0 Å². The van der Waals surface area contributed by atoms with Crippen molar-refractivity contribution in [2.75, 3.05) is 4.90 Å². The third kappa shape index (κ3) is 5.12. The molecule has 1 aromatic heterocycles. The van der Waals surface area contributed by atoms with Crippen molar-refractivity contribution in [2.24, 2.45) is 0 Å². The molecule has 0 amide bonds. The summed E-state index contributed by atoms with van der Waals surface area (Å²) in [5.41, 5.74) is 12.2. The van der Waals surface area contributed by atoms with E-state index in [-0.39, 0.29) is 0 Å². The Morgan fingerprint density at radius 3 is 1.71 bits per heavy atom. The monoisotopic (exact) mass is 663 g/mol. The second-order valence-corrected chi connectivity index (χ2v) is 13.3. The van der Waals surface area contributed by atoms with Crippen LogP contribution in [0.1, 0.15) is 0 Å². The van der Waals surface area contributed by atoms with Gasteiger partial charge < -0.3 is 9.32 Å². The largest absolute Gasteiger partial charge is 0.456 e. The minimum atomic E-state index is 0.907. The zero-order chi connectivity index (χ0) is 34.4. The topological polar surface area (TPSA) is 16.4 Å². The molecule has 9 aromatic carbocycles. The molecule has 0 spiro atoms. The summed E-state index contributed by atoms with van der Waals surface area (Å²) in [5, 5.41) is 7.29. The van der Waals surface area contributed by atoms with Crippen LogP contribution < -0.4 is 4.90 Å². The minimum Gasteiger partial charge on any atom is -0.456 e. The fourth-order valence-electron chi connectivity index (χ4n) is 7.75. The first-order valence-electron chi connectivity index (χ1n) is 17.8. The Balaban J connectivity index is 1.16. The van der Waals surface area contributed by atoms with Crippen molar-refractivity contribution < 1.29 is 4.42 Å². The Bertz CT molecular complexity index is 2890. The van der Waals surface area contributed by atoms with Crippen LogP contribution in [0.25, 0.3) is 76.9 Å². The predicted molar refractivity (Wildman–Crippen MR) is 220 cm³/mol. The highest BCUT2D eigenvalue weighted by molar-refractivity contribution is 6.14. The molecule has 2 heteroatoms. The van der Waals surface area contributed by atoms with E-state index in [0.717, 1.165) is 50.1 Å². The maximum Gasteiger partial charge on any atom is 0.135 e. The molecule has 0 aliphatic rings. The van der Waals surface area contributed by atoms with Crippen molar-refractivity contribution in [3.05, 3.63) is 200 Å². The van der Waals surface area contributed by atoms with Crippen LogP contribution in [-0.2, 0) is 0 Å². The zero-order valence-electron chi connectivity index (χ0n) is 28.4. The average molecular weight is 664 g/mol. The fraction of sp³-hybridized carbons (Fsp3) is 0. The highest BCUT2D eigenvalue weighted by Crippen LogP contribution is 2.45. The summed E-state index contributed by atoms with van der Waals surface area (Å²) in [7, 11) is 0. The number of para-hydroxylation sites is 2. The number of rotatable bonds is 6. The quantitative estimate of drug-likeness (QED) is 0.165. The van der Waals surface area contributed by atoms with Gasteiger partial charge in [0.05, 0.1) is 5.69 Å². The number of furan rings is 1. The van der Waals surface area contributed by atoms with E-state index in [9.17, 15) is 0 Å². The Morgan fingerprint density at radius 2 is 0.904 bits per heavy atom. The van der Waals surface area contributed by atoms with Gasteiger partial charge in [0.2, 0.25) is 0 Å². The first-order chi connectivity index (χ1) is 25.8. The molecular weight excluding hydrogens is 631 g/mol. The van der Waals surface area contributed by atoms with Gasteiger partial charge in [-0.05, 0) is 104 Å². The summed E-state index contributed by atoms with van der Waals surface area (Å²) in [6.45, 7) is 0. The second kappa shape index (κ2) is 12.5. The van der Waals surface area contributed by atoms with E-state index in [4.69, 9.17) is 4.42 Å². The van der Waals surface area contributed by atoms with Crippen LogP contribution in [0.5, 0.6) is 0 Å². The number of anilines is 3. The van der Waals surface area contributed by atoms with Gasteiger partial charge >= 0.3 is 0 Å². The molecule has 10 rings (SSSR count). The second-order valence-electron chi connectivity index (χ2n) is 13.3. The van der Waals surface area contributed by atoms with Gasteiger partial charge in [-0.1, -0.05) is 146 Å². The first-order valence-corrected chi connectivity index (χ1v) is 17.8. The van der Waals surface area contributed by atoms with Crippen molar-refractivity contribution >= 4 is 60.5 Å². The lowest BCUT2D eigenvalue weighted by Crippen LogP contribution is -2.11. The van der Waals surface area contributed by atoms with Crippen molar-refractivity contribution in [1.29, 1.82) is 0 Å². The lowest BCUT2D eigenvalue weighted by Gasteiger charge is -2.29. The zero-order valence-corrected chi connectivity index (χ0v) is 28.4. The van der Waals surface area contributed by atoms with Gasteiger partial charge in [-0.3, -0.25) is 0 Å². The van der Waals surface area contributed by atoms with Crippen LogP contribution >= 0.6 is 0 Å². The molecule has 0 unspecified atom stereocenters. The van der Waals surface area contributed by atoms with Crippen LogP contribution in [0.4, 0.5) is 17.1 Å². The summed E-state index contributed by atoms with van der Waals surface area (Å²) in [5.74, 6) is 0. The van der Waals surface area contributed by atoms with Crippen molar-refractivity contribution in [1.82, 2.24) is 0 Å². The minimum absolute atomic E-state index is 0.907. The van der Waals surface area contributed by atoms with Crippen molar-refractivity contribution in [3.63, 3.8) is 0 Å². The number of fused-ring (bicyclic) bond motifs is 6. The van der Waals surface area contributed by atoms with Gasteiger partial charge in [-0.25, -0.2) is 0 Å². The number of nitrogens with zero attached hydrogens (tertiary/aromatic N) is 1. The fourth-order valence-corrected chi connectivity index (χ4v) is 7.75. The molecule has 0 N–H and O–H groups in total. The molecule has 1 heterocycles. The summed E-state index contributed by atoms with van der Waals surface area (Å²) in [6, 6.07) is 71.9. The number of hydrogen-bond acceptors (Lipinski definition) is 2. The van der Waals surface area contributed by atoms with E-state index in [1.807, 2.05) is 12.1 Å². The molecule has 0 radical (unpaired) electrons. The van der Waals surface area contributed by atoms with Crippen LogP contribution in [-0.4, -0.2) is 0 Å². The van der Waals surface area contributed by atoms with Gasteiger partial charge in [-0.2, -0.15) is 0 Å². The Hall–Kier alpha value is -6.90. The van der Waals surface area contributed by atoms with Crippen LogP contribution in [0.2, 0.25) is 0 Å². The molecule has 52 heavy (non-hydrogen) atoms. The Kier molecular flexibility index (Phi) is 7.18. The molecule has 0 saturated carbocycles. The molecular formula is C50H33NO. The first kappa shape index (κ1) is 30.0. The van der Waals surface area contributed by atoms with Crippen LogP contribution in [0, 0.1) is 0 Å². The van der Waals surface area contributed by atoms with E-state index < -0.39 is 0 Å². The predicted octanol–water partition coefficient (Wildman–Crippen LogP) is 14.4. The van der Waals surface area contributed by atoms with E-state index in [2.05, 4.69) is 193 Å². The standard InChI is InChI=1S/C50H33NO/c1-3-13-35(14-4-1)42-29-25-38(46-32-37-15-7-8-18-41(37)43-19-9-10-20-44(43)46)33-48(42)51(39-16-5-2-6-17-39)40-27-23-34(24-28-40)36-26-30-50-47(31-36)45-21-11-12-22-49(45)52-50/h1-33H. The molecule has 0 aliphatic heterocycles. The molecule has 10 aromatic rings. The van der Waals surface area contributed by atoms with E-state index in [0.29, 0.717) is 0 Å². The lowest BCUT2D eigenvalue weighted by atomic mass is 9.91. The number of benzene rings is 9. The molecule has 244 valence electrons. The third-order valence-electron chi connectivity index (χ3n) is 10.3. The summed E-state index contributed by atoms with van der Waals surface area (Å²) in [6.07, 6.45) is 0. The number of hydrogen-bond donors (Lipinski definition) is 0. The van der Waals surface area contributed by atoms with Gasteiger partial charge in [0, 0.05) is 27.7 Å². The Labute approximate surface area is 302 Å². The van der Waals surface area contributed by atoms with Gasteiger partial charge in [0.15, 0.2) is 0 Å². The highest BCUT2D eigenvalue weighted by Gasteiger charge is 2.20. The molecule has 2 nitrogen and oxygen atoms in total. The van der Waals surface area contributed by atoms with E-state index in [1.165, 1.54) is 43.8 Å². The third-order valence-corrected chi connectivity index (χ3v) is 10.3. The van der Waals surface area contributed by atoms with Gasteiger partial charge in [0.25, 0.3) is 0 Å². The Morgan fingerprint density at radius 1 is 0.308 bits per heavy atom. The molecule has 0 aliphatic carbocycles. The summed E-state index contributed by atoms with van der Waals surface area (Å²) < 4.78 is 6.12. The van der Waals surface area contributed by atoms with Crippen molar-refractivity contribution in [2.45, 2.75) is 0 Å². The average Bonchev–Trinajstić information content (AvgIpc) is 3.60. The van der Waals surface area contributed by atoms with Gasteiger partial charge in [-0.15, -0.1) is 0 Å². The molecule has 0 bridgehead atoms. The summed E-state index contributed by atoms with van der Waals surface area (Å²) in [4.78, 5) is 2.39.